The van der Waals surface area contributed by atoms with Crippen LogP contribution in [0.5, 0.6) is 0 Å². The second-order valence-electron chi connectivity index (χ2n) is 12.4. The molecule has 0 radical (unpaired) electrons. The summed E-state index contributed by atoms with van der Waals surface area (Å²) in [5, 5.41) is 26.7. The van der Waals surface area contributed by atoms with Crippen molar-refractivity contribution in [3.8, 4) is 29.2 Å². The highest BCUT2D eigenvalue weighted by Crippen LogP contribution is 2.42. The molecule has 10 rings (SSSR count). The fraction of sp³-hybridized carbons (Fsp3) is 0. The highest BCUT2D eigenvalue weighted by molar-refractivity contribution is 6.15. The Morgan fingerprint density at radius 1 is 0.327 bits per heavy atom. The zero-order valence-electron chi connectivity index (χ0n) is 26.2. The smallest absolute Gasteiger partial charge is 0.101 e. The van der Waals surface area contributed by atoms with E-state index in [0.717, 1.165) is 60.9 Å². The number of rotatable bonds is 3. The van der Waals surface area contributed by atoms with Crippen LogP contribution >= 0.6 is 0 Å². The molecule has 7 aromatic carbocycles. The van der Waals surface area contributed by atoms with Crippen molar-refractivity contribution in [1.29, 1.82) is 10.5 Å². The Kier molecular flexibility index (Phi) is 5.64. The molecule has 0 atom stereocenters. The zero-order chi connectivity index (χ0) is 32.6. The Morgan fingerprint density at radius 3 is 1.16 bits per heavy atom. The number of nitriles is 2. The summed E-state index contributed by atoms with van der Waals surface area (Å²) in [4.78, 5) is 0. The number of fused-ring (bicyclic) bond motifs is 9. The Morgan fingerprint density at radius 2 is 0.714 bits per heavy atom. The molecule has 5 heteroatoms. The fourth-order valence-electron chi connectivity index (χ4n) is 7.85. The molecule has 226 valence electrons. The first kappa shape index (κ1) is 27.1. The third kappa shape index (κ3) is 3.73. The lowest BCUT2D eigenvalue weighted by Crippen LogP contribution is -2.04. The maximum Gasteiger partial charge on any atom is 0.101 e. The molecule has 3 heterocycles. The van der Waals surface area contributed by atoms with Crippen molar-refractivity contribution in [3.05, 3.63) is 163 Å². The summed E-state index contributed by atoms with van der Waals surface area (Å²) in [7, 11) is 0. The van der Waals surface area contributed by atoms with Crippen LogP contribution in [0, 0.1) is 22.7 Å². The molecule has 0 fully saturated rings. The standard InChI is InChI=1S/C44H25N5/c45-26-28-21-22-30(23-29(28)27-46)47-37-16-6-5-15-35(37)36-24-43(48-38-17-7-1-11-31(38)32-12-2-8-18-39(32)48)44(25-42(36)47)49-40-19-9-3-13-33(40)34-14-4-10-20-41(34)49/h1-25H. The second-order valence-corrected chi connectivity index (χ2v) is 12.4. The van der Waals surface area contributed by atoms with E-state index in [-0.39, 0.29) is 0 Å². The molecule has 0 N–H and O–H groups in total. The molecule has 0 saturated heterocycles. The summed E-state index contributed by atoms with van der Waals surface area (Å²) in [6.45, 7) is 0. The SMILES string of the molecule is N#Cc1ccc(-n2c3ccccc3c3cc(-n4c5ccccc5c5ccccc54)c(-n4c5ccccc5c5ccccc54)cc32)cc1C#N. The molecule has 49 heavy (non-hydrogen) atoms. The van der Waals surface area contributed by atoms with E-state index in [1.807, 2.05) is 18.2 Å². The van der Waals surface area contributed by atoms with E-state index in [2.05, 4.69) is 153 Å². The molecule has 5 nitrogen and oxygen atoms in total. The first-order valence-corrected chi connectivity index (χ1v) is 16.2. The van der Waals surface area contributed by atoms with Crippen molar-refractivity contribution >= 4 is 65.4 Å². The molecule has 0 aliphatic rings. The summed E-state index contributed by atoms with van der Waals surface area (Å²) in [6, 6.07) is 57.4. The lowest BCUT2D eigenvalue weighted by atomic mass is 10.1. The monoisotopic (exact) mass is 623 g/mol. The third-order valence-corrected chi connectivity index (χ3v) is 9.91. The molecule has 0 aliphatic carbocycles. The van der Waals surface area contributed by atoms with E-state index in [0.29, 0.717) is 11.1 Å². The number of aromatic nitrogens is 3. The summed E-state index contributed by atoms with van der Waals surface area (Å²) in [5.41, 5.74) is 10.2. The molecule has 0 saturated carbocycles. The Bertz CT molecular complexity index is 2980. The quantitative estimate of drug-likeness (QED) is 0.197. The van der Waals surface area contributed by atoms with Crippen molar-refractivity contribution in [2.45, 2.75) is 0 Å². The van der Waals surface area contributed by atoms with Crippen LogP contribution in [-0.2, 0) is 0 Å². The largest absolute Gasteiger partial charge is 0.309 e. The Hall–Kier alpha value is -7.08. The Labute approximate surface area is 280 Å². The van der Waals surface area contributed by atoms with E-state index in [1.165, 1.54) is 21.5 Å². The number of hydrogen-bond donors (Lipinski definition) is 0. The van der Waals surface area contributed by atoms with E-state index in [9.17, 15) is 10.5 Å². The summed E-state index contributed by atoms with van der Waals surface area (Å²) < 4.78 is 7.02. The molecular formula is C44H25N5. The topological polar surface area (TPSA) is 62.4 Å². The summed E-state index contributed by atoms with van der Waals surface area (Å²) >= 11 is 0. The average Bonchev–Trinajstić information content (AvgIpc) is 3.79. The van der Waals surface area contributed by atoms with Crippen molar-refractivity contribution in [2.24, 2.45) is 0 Å². The van der Waals surface area contributed by atoms with Crippen molar-refractivity contribution in [2.75, 3.05) is 0 Å². The van der Waals surface area contributed by atoms with Gasteiger partial charge in [-0.25, -0.2) is 0 Å². The number of nitrogens with zero attached hydrogens (tertiary/aromatic N) is 5. The van der Waals surface area contributed by atoms with Gasteiger partial charge < -0.3 is 13.7 Å². The normalized spacial score (nSPS) is 11.6. The fourth-order valence-corrected chi connectivity index (χ4v) is 7.85. The van der Waals surface area contributed by atoms with E-state index < -0.39 is 0 Å². The maximum atomic E-state index is 9.97. The molecule has 10 aromatic rings. The van der Waals surface area contributed by atoms with Gasteiger partial charge in [-0.1, -0.05) is 91.0 Å². The molecule has 0 spiro atoms. The Balaban J connectivity index is 1.43. The van der Waals surface area contributed by atoms with Crippen LogP contribution in [0.3, 0.4) is 0 Å². The summed E-state index contributed by atoms with van der Waals surface area (Å²) in [5.74, 6) is 0. The predicted octanol–water partition coefficient (Wildman–Crippen LogP) is 10.7. The van der Waals surface area contributed by atoms with Crippen LogP contribution in [0.2, 0.25) is 0 Å². The lowest BCUT2D eigenvalue weighted by molar-refractivity contribution is 1.09. The van der Waals surface area contributed by atoms with Crippen molar-refractivity contribution in [3.63, 3.8) is 0 Å². The van der Waals surface area contributed by atoms with Gasteiger partial charge in [0.2, 0.25) is 0 Å². The molecule has 0 aliphatic heterocycles. The van der Waals surface area contributed by atoms with Crippen LogP contribution in [0.15, 0.2) is 152 Å². The first-order chi connectivity index (χ1) is 24.2. The van der Waals surface area contributed by atoms with Gasteiger partial charge in [0.25, 0.3) is 0 Å². The van der Waals surface area contributed by atoms with Crippen LogP contribution in [0.25, 0.3) is 82.5 Å². The predicted molar refractivity (Wildman–Crippen MR) is 199 cm³/mol. The van der Waals surface area contributed by atoms with Crippen molar-refractivity contribution in [1.82, 2.24) is 13.7 Å². The van der Waals surface area contributed by atoms with Gasteiger partial charge in [0, 0.05) is 38.0 Å². The first-order valence-electron chi connectivity index (χ1n) is 16.2. The molecule has 0 amide bonds. The second kappa shape index (κ2) is 10.2. The van der Waals surface area contributed by atoms with Gasteiger partial charge in [0.15, 0.2) is 0 Å². The lowest BCUT2D eigenvalue weighted by Gasteiger charge is -2.18. The highest BCUT2D eigenvalue weighted by Gasteiger charge is 2.23. The number of para-hydroxylation sites is 5. The van der Waals surface area contributed by atoms with Crippen LogP contribution in [-0.4, -0.2) is 13.7 Å². The van der Waals surface area contributed by atoms with Gasteiger partial charge in [0.05, 0.1) is 55.6 Å². The molecular weight excluding hydrogens is 599 g/mol. The van der Waals surface area contributed by atoms with Gasteiger partial charge in [-0.05, 0) is 60.7 Å². The third-order valence-electron chi connectivity index (χ3n) is 9.91. The van der Waals surface area contributed by atoms with Crippen LogP contribution in [0.4, 0.5) is 0 Å². The van der Waals surface area contributed by atoms with E-state index >= 15 is 0 Å². The minimum Gasteiger partial charge on any atom is -0.309 e. The van der Waals surface area contributed by atoms with Gasteiger partial charge in [0.1, 0.15) is 12.1 Å². The molecule has 0 bridgehead atoms. The average molecular weight is 624 g/mol. The zero-order valence-corrected chi connectivity index (χ0v) is 26.2. The van der Waals surface area contributed by atoms with Gasteiger partial charge in [-0.3, -0.25) is 0 Å². The maximum absolute atomic E-state index is 9.97. The molecule has 3 aromatic heterocycles. The summed E-state index contributed by atoms with van der Waals surface area (Å²) in [6.07, 6.45) is 0. The minimum absolute atomic E-state index is 0.357. The van der Waals surface area contributed by atoms with Gasteiger partial charge in [-0.15, -0.1) is 0 Å². The number of hydrogen-bond acceptors (Lipinski definition) is 2. The van der Waals surface area contributed by atoms with E-state index in [1.54, 1.807) is 6.07 Å². The molecule has 0 unspecified atom stereocenters. The highest BCUT2D eigenvalue weighted by atomic mass is 15.1. The van der Waals surface area contributed by atoms with Gasteiger partial charge >= 0.3 is 0 Å². The van der Waals surface area contributed by atoms with Crippen LogP contribution < -0.4 is 0 Å². The van der Waals surface area contributed by atoms with Gasteiger partial charge in [-0.2, -0.15) is 10.5 Å². The van der Waals surface area contributed by atoms with E-state index in [4.69, 9.17) is 0 Å². The van der Waals surface area contributed by atoms with Crippen LogP contribution in [0.1, 0.15) is 11.1 Å². The van der Waals surface area contributed by atoms with Crippen molar-refractivity contribution < 1.29 is 0 Å². The minimum atomic E-state index is 0.357. The number of benzene rings is 7.